The fourth-order valence-electron chi connectivity index (χ4n) is 2.89. The molecule has 0 radical (unpaired) electrons. The zero-order chi connectivity index (χ0) is 22.4. The summed E-state index contributed by atoms with van der Waals surface area (Å²) in [6.07, 6.45) is 0. The Hall–Kier alpha value is -3.65. The summed E-state index contributed by atoms with van der Waals surface area (Å²) in [5.74, 6) is -1.01. The molecule has 0 saturated heterocycles. The fraction of sp³-hybridized carbons (Fsp3) is 0.130. The monoisotopic (exact) mass is 438 g/mol. The molecule has 31 heavy (non-hydrogen) atoms. The van der Waals surface area contributed by atoms with Crippen molar-refractivity contribution in [3.63, 3.8) is 0 Å². The molecule has 0 aliphatic carbocycles. The van der Waals surface area contributed by atoms with E-state index >= 15 is 0 Å². The van der Waals surface area contributed by atoms with Gasteiger partial charge in [-0.1, -0.05) is 35.9 Å². The quantitative estimate of drug-likeness (QED) is 0.569. The zero-order valence-electron chi connectivity index (χ0n) is 17.1. The predicted molar refractivity (Wildman–Crippen MR) is 119 cm³/mol. The van der Waals surface area contributed by atoms with E-state index in [-0.39, 0.29) is 4.90 Å². The zero-order valence-corrected chi connectivity index (χ0v) is 17.9. The Balaban J connectivity index is 1.84. The first-order valence-corrected chi connectivity index (χ1v) is 10.9. The van der Waals surface area contributed by atoms with Crippen molar-refractivity contribution in [3.8, 4) is 0 Å². The number of esters is 1. The van der Waals surface area contributed by atoms with E-state index in [1.165, 1.54) is 31.4 Å². The van der Waals surface area contributed by atoms with Crippen LogP contribution in [0, 0.1) is 6.92 Å². The average Bonchev–Trinajstić information content (AvgIpc) is 2.78. The Labute approximate surface area is 181 Å². The van der Waals surface area contributed by atoms with Crippen LogP contribution in [-0.4, -0.2) is 33.9 Å². The first-order chi connectivity index (χ1) is 14.8. The molecule has 160 valence electrons. The SMILES string of the molecule is COC(=O)c1ccc(NC(=O)CN(c2ccccc2)S(=O)(=O)c2ccc(C)cc2)cc1. The van der Waals surface area contributed by atoms with Gasteiger partial charge in [0.05, 0.1) is 23.3 Å². The van der Waals surface area contributed by atoms with E-state index in [2.05, 4.69) is 10.1 Å². The molecule has 0 aliphatic rings. The predicted octanol–water partition coefficient (Wildman–Crippen LogP) is 3.62. The normalized spacial score (nSPS) is 10.9. The number of hydrogen-bond donors (Lipinski definition) is 1. The molecule has 0 atom stereocenters. The molecule has 0 aliphatic heterocycles. The summed E-state index contributed by atoms with van der Waals surface area (Å²) in [5.41, 5.74) is 2.07. The third kappa shape index (κ3) is 5.29. The smallest absolute Gasteiger partial charge is 0.337 e. The van der Waals surface area contributed by atoms with Gasteiger partial charge < -0.3 is 10.1 Å². The number of para-hydroxylation sites is 1. The number of carbonyl (C=O) groups is 2. The van der Waals surface area contributed by atoms with Gasteiger partial charge in [0.15, 0.2) is 0 Å². The number of methoxy groups -OCH3 is 1. The van der Waals surface area contributed by atoms with E-state index in [9.17, 15) is 18.0 Å². The highest BCUT2D eigenvalue weighted by Gasteiger charge is 2.27. The van der Waals surface area contributed by atoms with Crippen LogP contribution in [-0.2, 0) is 19.6 Å². The van der Waals surface area contributed by atoms with Gasteiger partial charge in [-0.25, -0.2) is 13.2 Å². The number of ether oxygens (including phenoxy) is 1. The lowest BCUT2D eigenvalue weighted by atomic mass is 10.2. The van der Waals surface area contributed by atoms with Crippen LogP contribution < -0.4 is 9.62 Å². The molecule has 0 aromatic heterocycles. The standard InChI is InChI=1S/C23H22N2O5S/c1-17-8-14-21(15-9-17)31(28,29)25(20-6-4-3-5-7-20)16-22(26)24-19-12-10-18(11-13-19)23(27)30-2/h3-15H,16H2,1-2H3,(H,24,26). The van der Waals surface area contributed by atoms with E-state index < -0.39 is 28.4 Å². The van der Waals surface area contributed by atoms with Gasteiger partial charge in [0, 0.05) is 5.69 Å². The summed E-state index contributed by atoms with van der Waals surface area (Å²) in [7, 11) is -2.69. The highest BCUT2D eigenvalue weighted by Crippen LogP contribution is 2.24. The van der Waals surface area contributed by atoms with Crippen LogP contribution in [0.25, 0.3) is 0 Å². The van der Waals surface area contributed by atoms with Crippen LogP contribution in [0.3, 0.4) is 0 Å². The average molecular weight is 439 g/mol. The molecule has 3 aromatic rings. The summed E-state index contributed by atoms with van der Waals surface area (Å²) in [5, 5.41) is 2.66. The van der Waals surface area contributed by atoms with Crippen LogP contribution in [0.4, 0.5) is 11.4 Å². The first kappa shape index (κ1) is 22.0. The number of nitrogens with zero attached hydrogens (tertiary/aromatic N) is 1. The van der Waals surface area contributed by atoms with Crippen LogP contribution in [0.2, 0.25) is 0 Å². The fourth-order valence-corrected chi connectivity index (χ4v) is 4.31. The largest absolute Gasteiger partial charge is 0.465 e. The van der Waals surface area contributed by atoms with Crippen LogP contribution in [0.15, 0.2) is 83.8 Å². The molecule has 0 heterocycles. The maximum Gasteiger partial charge on any atom is 0.337 e. The molecule has 0 saturated carbocycles. The van der Waals surface area contributed by atoms with Crippen molar-refractivity contribution in [1.82, 2.24) is 0 Å². The molecule has 0 spiro atoms. The molecule has 7 nitrogen and oxygen atoms in total. The Morgan fingerprint density at radius 3 is 2.10 bits per heavy atom. The van der Waals surface area contributed by atoms with Gasteiger partial charge in [0.2, 0.25) is 5.91 Å². The maximum absolute atomic E-state index is 13.3. The highest BCUT2D eigenvalue weighted by molar-refractivity contribution is 7.92. The van der Waals surface area contributed by atoms with Gasteiger partial charge in [0.1, 0.15) is 6.54 Å². The number of aryl methyl sites for hydroxylation is 1. The van der Waals surface area contributed by atoms with Gasteiger partial charge in [-0.05, 0) is 55.5 Å². The summed E-state index contributed by atoms with van der Waals surface area (Å²) in [6.45, 7) is 1.45. The number of carbonyl (C=O) groups excluding carboxylic acids is 2. The molecule has 1 N–H and O–H groups in total. The van der Waals surface area contributed by atoms with Crippen molar-refractivity contribution in [2.24, 2.45) is 0 Å². The molecule has 0 fully saturated rings. The number of nitrogens with one attached hydrogen (secondary N) is 1. The van der Waals surface area contributed by atoms with Crippen molar-refractivity contribution < 1.29 is 22.7 Å². The summed E-state index contributed by atoms with van der Waals surface area (Å²) < 4.78 is 32.3. The molecule has 8 heteroatoms. The second-order valence-electron chi connectivity index (χ2n) is 6.78. The van der Waals surface area contributed by atoms with E-state index in [0.717, 1.165) is 9.87 Å². The van der Waals surface area contributed by atoms with Crippen molar-refractivity contribution >= 4 is 33.3 Å². The van der Waals surface area contributed by atoms with Crippen molar-refractivity contribution in [2.45, 2.75) is 11.8 Å². The van der Waals surface area contributed by atoms with Gasteiger partial charge in [-0.15, -0.1) is 0 Å². The van der Waals surface area contributed by atoms with Gasteiger partial charge >= 0.3 is 5.97 Å². The molecule has 3 aromatic carbocycles. The lowest BCUT2D eigenvalue weighted by molar-refractivity contribution is -0.114. The minimum absolute atomic E-state index is 0.0946. The molecule has 0 unspecified atom stereocenters. The number of anilines is 2. The molecule has 1 amide bonds. The topological polar surface area (TPSA) is 92.8 Å². The highest BCUT2D eigenvalue weighted by atomic mass is 32.2. The van der Waals surface area contributed by atoms with Crippen LogP contribution in [0.5, 0.6) is 0 Å². The van der Waals surface area contributed by atoms with Crippen LogP contribution in [0.1, 0.15) is 15.9 Å². The lowest BCUT2D eigenvalue weighted by Gasteiger charge is -2.24. The second-order valence-corrected chi connectivity index (χ2v) is 8.64. The Morgan fingerprint density at radius 2 is 1.52 bits per heavy atom. The van der Waals surface area contributed by atoms with E-state index in [1.807, 2.05) is 6.92 Å². The van der Waals surface area contributed by atoms with Gasteiger partial charge in [0.25, 0.3) is 10.0 Å². The molecule has 0 bridgehead atoms. The Kier molecular flexibility index (Phi) is 6.71. The van der Waals surface area contributed by atoms with E-state index in [1.54, 1.807) is 54.6 Å². The van der Waals surface area contributed by atoms with Gasteiger partial charge in [-0.3, -0.25) is 9.10 Å². The van der Waals surface area contributed by atoms with Gasteiger partial charge in [-0.2, -0.15) is 0 Å². The Bertz CT molecular complexity index is 1160. The summed E-state index contributed by atoms with van der Waals surface area (Å²) in [4.78, 5) is 24.3. The van der Waals surface area contributed by atoms with E-state index in [0.29, 0.717) is 16.9 Å². The van der Waals surface area contributed by atoms with Crippen molar-refractivity contribution in [2.75, 3.05) is 23.3 Å². The Morgan fingerprint density at radius 1 is 0.903 bits per heavy atom. The number of amides is 1. The molecular weight excluding hydrogens is 416 g/mol. The molecular formula is C23H22N2O5S. The van der Waals surface area contributed by atoms with Crippen molar-refractivity contribution in [3.05, 3.63) is 90.0 Å². The maximum atomic E-state index is 13.3. The van der Waals surface area contributed by atoms with Crippen molar-refractivity contribution in [1.29, 1.82) is 0 Å². The molecule has 3 rings (SSSR count). The van der Waals surface area contributed by atoms with E-state index in [4.69, 9.17) is 0 Å². The number of sulfonamides is 1. The third-order valence-electron chi connectivity index (χ3n) is 4.53. The lowest BCUT2D eigenvalue weighted by Crippen LogP contribution is -2.38. The second kappa shape index (κ2) is 9.44. The number of rotatable bonds is 7. The van der Waals surface area contributed by atoms with Crippen LogP contribution >= 0.6 is 0 Å². The summed E-state index contributed by atoms with van der Waals surface area (Å²) in [6, 6.07) is 21.0. The first-order valence-electron chi connectivity index (χ1n) is 9.44. The number of hydrogen-bond acceptors (Lipinski definition) is 5. The minimum atomic E-state index is -3.97. The summed E-state index contributed by atoms with van der Waals surface area (Å²) >= 11 is 0. The third-order valence-corrected chi connectivity index (χ3v) is 6.32. The minimum Gasteiger partial charge on any atom is -0.465 e. The number of benzene rings is 3.